The maximum absolute atomic E-state index is 13.0. The second kappa shape index (κ2) is 3.12. The molecule has 1 aromatic carbocycles. The number of carbonyl (C=O) groups excluding carboxylic acids is 1. The molecule has 70 valence electrons. The lowest BCUT2D eigenvalue weighted by Gasteiger charge is -2.12. The number of halogens is 2. The zero-order chi connectivity index (χ0) is 10.1. The van der Waals surface area contributed by atoms with Gasteiger partial charge in [-0.05, 0) is 13.0 Å². The molecule has 0 unspecified atom stereocenters. The van der Waals surface area contributed by atoms with Crippen LogP contribution in [0.1, 0.15) is 11.1 Å². The summed E-state index contributed by atoms with van der Waals surface area (Å²) in [4.78, 5) is 10.4. The average Bonchev–Trinajstić information content (AvgIpc) is 2.04. The van der Waals surface area contributed by atoms with Gasteiger partial charge in [0, 0.05) is 5.56 Å². The number of rotatable bonds is 2. The van der Waals surface area contributed by atoms with Crippen LogP contribution in [-0.4, -0.2) is 5.91 Å². The van der Waals surface area contributed by atoms with Crippen molar-refractivity contribution in [3.05, 3.63) is 35.4 Å². The maximum atomic E-state index is 13.0. The van der Waals surface area contributed by atoms with Crippen molar-refractivity contribution in [2.45, 2.75) is 12.8 Å². The minimum absolute atomic E-state index is 0.361. The molecule has 0 saturated heterocycles. The number of hydrogen-bond donors (Lipinski definition) is 1. The number of hydrogen-bond acceptors (Lipinski definition) is 1. The van der Waals surface area contributed by atoms with Gasteiger partial charge in [-0.25, -0.2) is 0 Å². The molecule has 0 atom stereocenters. The fourth-order valence-corrected chi connectivity index (χ4v) is 0.983. The predicted molar refractivity (Wildman–Crippen MR) is 44.3 cm³/mol. The second-order valence-electron chi connectivity index (χ2n) is 2.81. The molecule has 0 spiro atoms. The van der Waals surface area contributed by atoms with Crippen LogP contribution in [0.15, 0.2) is 24.3 Å². The second-order valence-corrected chi connectivity index (χ2v) is 2.81. The third kappa shape index (κ3) is 1.83. The standard InChI is InChI=1S/C9H9F2NO/c1-6-3-2-4-7(5-6)9(10,11)8(12)13/h2-5H,1H3,(H2,12,13). The van der Waals surface area contributed by atoms with E-state index in [1.165, 1.54) is 18.2 Å². The molecule has 0 bridgehead atoms. The van der Waals surface area contributed by atoms with Crippen LogP contribution in [-0.2, 0) is 10.7 Å². The monoisotopic (exact) mass is 185 g/mol. The van der Waals surface area contributed by atoms with Crippen molar-refractivity contribution in [2.75, 3.05) is 0 Å². The number of aryl methyl sites for hydroxylation is 1. The number of nitrogens with two attached hydrogens (primary N) is 1. The Morgan fingerprint density at radius 1 is 1.46 bits per heavy atom. The van der Waals surface area contributed by atoms with E-state index in [1.54, 1.807) is 13.0 Å². The fourth-order valence-electron chi connectivity index (χ4n) is 0.983. The smallest absolute Gasteiger partial charge is 0.349 e. The molecule has 2 N–H and O–H groups in total. The van der Waals surface area contributed by atoms with Gasteiger partial charge in [-0.1, -0.05) is 23.8 Å². The summed E-state index contributed by atoms with van der Waals surface area (Å²) in [5.41, 5.74) is 4.87. The fraction of sp³-hybridized carbons (Fsp3) is 0.222. The van der Waals surface area contributed by atoms with Gasteiger partial charge >= 0.3 is 5.92 Å². The molecule has 0 aliphatic heterocycles. The van der Waals surface area contributed by atoms with E-state index >= 15 is 0 Å². The van der Waals surface area contributed by atoms with Gasteiger partial charge < -0.3 is 5.73 Å². The van der Waals surface area contributed by atoms with Crippen molar-refractivity contribution in [2.24, 2.45) is 5.73 Å². The first kappa shape index (κ1) is 9.64. The highest BCUT2D eigenvalue weighted by Gasteiger charge is 2.38. The van der Waals surface area contributed by atoms with E-state index in [1.807, 2.05) is 0 Å². The molecule has 0 aromatic heterocycles. The molecule has 13 heavy (non-hydrogen) atoms. The SMILES string of the molecule is Cc1cccc(C(F)(F)C(N)=O)c1. The molecule has 1 amide bonds. The van der Waals surface area contributed by atoms with Crippen LogP contribution in [0.2, 0.25) is 0 Å². The van der Waals surface area contributed by atoms with Gasteiger partial charge in [0.05, 0.1) is 0 Å². The van der Waals surface area contributed by atoms with Gasteiger partial charge in [0.15, 0.2) is 0 Å². The van der Waals surface area contributed by atoms with E-state index in [0.29, 0.717) is 5.56 Å². The van der Waals surface area contributed by atoms with Gasteiger partial charge in [0.1, 0.15) is 0 Å². The Hall–Kier alpha value is -1.45. The molecular formula is C9H9F2NO. The number of alkyl halides is 2. The zero-order valence-electron chi connectivity index (χ0n) is 7.05. The summed E-state index contributed by atoms with van der Waals surface area (Å²) in [5, 5.41) is 0. The summed E-state index contributed by atoms with van der Waals surface area (Å²) in [6.45, 7) is 1.67. The quantitative estimate of drug-likeness (QED) is 0.746. The highest BCUT2D eigenvalue weighted by molar-refractivity contribution is 5.83. The minimum Gasteiger partial charge on any atom is -0.364 e. The van der Waals surface area contributed by atoms with Crippen molar-refractivity contribution in [3.8, 4) is 0 Å². The predicted octanol–water partition coefficient (Wildman–Crippen LogP) is 1.57. The number of benzene rings is 1. The molecule has 1 aromatic rings. The molecule has 0 radical (unpaired) electrons. The van der Waals surface area contributed by atoms with Crippen LogP contribution in [0.3, 0.4) is 0 Å². The van der Waals surface area contributed by atoms with Crippen LogP contribution < -0.4 is 5.73 Å². The summed E-state index contributed by atoms with van der Waals surface area (Å²) >= 11 is 0. The van der Waals surface area contributed by atoms with Gasteiger partial charge in [-0.3, -0.25) is 4.79 Å². The minimum atomic E-state index is -3.58. The highest BCUT2D eigenvalue weighted by atomic mass is 19.3. The zero-order valence-corrected chi connectivity index (χ0v) is 7.05. The molecule has 0 aliphatic rings. The summed E-state index contributed by atoms with van der Waals surface area (Å²) in [6, 6.07) is 5.55. The Kier molecular flexibility index (Phi) is 2.32. The van der Waals surface area contributed by atoms with E-state index < -0.39 is 11.8 Å². The molecule has 1 rings (SSSR count). The summed E-state index contributed by atoms with van der Waals surface area (Å²) in [6.07, 6.45) is 0. The highest BCUT2D eigenvalue weighted by Crippen LogP contribution is 2.27. The third-order valence-corrected chi connectivity index (χ3v) is 1.69. The first-order valence-electron chi connectivity index (χ1n) is 3.69. The van der Waals surface area contributed by atoms with E-state index in [0.717, 1.165) is 0 Å². The Labute approximate surface area is 74.4 Å². The Balaban J connectivity index is 3.14. The number of carbonyl (C=O) groups is 1. The van der Waals surface area contributed by atoms with Crippen molar-refractivity contribution in [1.29, 1.82) is 0 Å². The number of primary amides is 1. The van der Waals surface area contributed by atoms with E-state index in [2.05, 4.69) is 5.73 Å². The average molecular weight is 185 g/mol. The Morgan fingerprint density at radius 3 is 2.54 bits per heavy atom. The lowest BCUT2D eigenvalue weighted by Crippen LogP contribution is -2.32. The van der Waals surface area contributed by atoms with Gasteiger partial charge in [-0.15, -0.1) is 0 Å². The normalized spacial score (nSPS) is 11.3. The van der Waals surface area contributed by atoms with Crippen molar-refractivity contribution >= 4 is 5.91 Å². The summed E-state index contributed by atoms with van der Waals surface area (Å²) < 4.78 is 26.0. The first-order chi connectivity index (χ1) is 5.94. The molecule has 0 heterocycles. The molecule has 4 heteroatoms. The molecule has 2 nitrogen and oxygen atoms in total. The van der Waals surface area contributed by atoms with Gasteiger partial charge in [0.2, 0.25) is 0 Å². The molecule has 0 saturated carbocycles. The van der Waals surface area contributed by atoms with Crippen molar-refractivity contribution in [3.63, 3.8) is 0 Å². The summed E-state index contributed by atoms with van der Waals surface area (Å²) in [7, 11) is 0. The molecular weight excluding hydrogens is 176 g/mol. The van der Waals surface area contributed by atoms with E-state index in [9.17, 15) is 13.6 Å². The largest absolute Gasteiger partial charge is 0.364 e. The maximum Gasteiger partial charge on any atom is 0.349 e. The lowest BCUT2D eigenvalue weighted by atomic mass is 10.1. The third-order valence-electron chi connectivity index (χ3n) is 1.69. The van der Waals surface area contributed by atoms with Crippen LogP contribution >= 0.6 is 0 Å². The van der Waals surface area contributed by atoms with Gasteiger partial charge in [-0.2, -0.15) is 8.78 Å². The van der Waals surface area contributed by atoms with Crippen LogP contribution in [0, 0.1) is 6.92 Å². The summed E-state index contributed by atoms with van der Waals surface area (Å²) in [5.74, 6) is -5.20. The molecule has 0 fully saturated rings. The van der Waals surface area contributed by atoms with Crippen LogP contribution in [0.5, 0.6) is 0 Å². The van der Waals surface area contributed by atoms with Crippen molar-refractivity contribution < 1.29 is 13.6 Å². The van der Waals surface area contributed by atoms with Crippen LogP contribution in [0.4, 0.5) is 8.78 Å². The topological polar surface area (TPSA) is 43.1 Å². The van der Waals surface area contributed by atoms with Crippen LogP contribution in [0.25, 0.3) is 0 Å². The Bertz CT molecular complexity index is 336. The number of amides is 1. The van der Waals surface area contributed by atoms with Gasteiger partial charge in [0.25, 0.3) is 5.91 Å². The molecule has 0 aliphatic carbocycles. The Morgan fingerprint density at radius 2 is 2.08 bits per heavy atom. The van der Waals surface area contributed by atoms with E-state index in [4.69, 9.17) is 0 Å². The van der Waals surface area contributed by atoms with Crippen molar-refractivity contribution in [1.82, 2.24) is 0 Å². The lowest BCUT2D eigenvalue weighted by molar-refractivity contribution is -0.143. The first-order valence-corrected chi connectivity index (χ1v) is 3.69. The van der Waals surface area contributed by atoms with E-state index in [-0.39, 0.29) is 5.56 Å².